The van der Waals surface area contributed by atoms with Crippen LogP contribution in [-0.2, 0) is 20.6 Å². The van der Waals surface area contributed by atoms with Crippen LogP contribution in [0.3, 0.4) is 0 Å². The second kappa shape index (κ2) is 12.5. The fourth-order valence-corrected chi connectivity index (χ4v) is 9.83. The van der Waals surface area contributed by atoms with E-state index in [0.717, 1.165) is 5.56 Å². The van der Waals surface area contributed by atoms with E-state index >= 15 is 0 Å². The highest BCUT2D eigenvalue weighted by Gasteiger charge is 2.50. The molecule has 0 aliphatic rings. The smallest absolute Gasteiger partial charge is 0.303 e. The van der Waals surface area contributed by atoms with Crippen LogP contribution in [0.2, 0.25) is 5.04 Å². The Morgan fingerprint density at radius 2 is 1.28 bits per heavy atom. The number of rotatable bonds is 12. The molecule has 0 amide bonds. The number of carboxylic acid groups (broad SMARTS) is 1. The van der Waals surface area contributed by atoms with Gasteiger partial charge in [0.05, 0.1) is 19.1 Å². The molecule has 0 aromatic heterocycles. The summed E-state index contributed by atoms with van der Waals surface area (Å²) in [5, 5.41) is 11.8. The normalized spacial score (nSPS) is 14.7. The molecule has 1 N–H and O–H groups in total. The van der Waals surface area contributed by atoms with Crippen molar-refractivity contribution in [2.45, 2.75) is 58.8 Å². The first-order chi connectivity index (χ1) is 17.1. The summed E-state index contributed by atoms with van der Waals surface area (Å²) in [6.07, 6.45) is -0.192. The molecule has 0 spiro atoms. The van der Waals surface area contributed by atoms with Crippen molar-refractivity contribution in [3.05, 3.63) is 96.6 Å². The summed E-state index contributed by atoms with van der Waals surface area (Å²) in [4.78, 5) is 11.5. The molecule has 0 radical (unpaired) electrons. The molecule has 0 saturated carbocycles. The first-order valence-corrected chi connectivity index (χ1v) is 14.7. The lowest BCUT2D eigenvalue weighted by atomic mass is 9.91. The summed E-state index contributed by atoms with van der Waals surface area (Å²) in [5.74, 6) is -0.954. The minimum absolute atomic E-state index is 0.00436. The van der Waals surface area contributed by atoms with Gasteiger partial charge in [0.2, 0.25) is 0 Å². The van der Waals surface area contributed by atoms with Crippen molar-refractivity contribution in [2.75, 3.05) is 6.61 Å². The molecule has 4 nitrogen and oxygen atoms in total. The monoisotopic (exact) mass is 504 g/mol. The molecular weight excluding hydrogens is 464 g/mol. The Morgan fingerprint density at radius 3 is 1.72 bits per heavy atom. The predicted molar refractivity (Wildman–Crippen MR) is 149 cm³/mol. The predicted octanol–water partition coefficient (Wildman–Crippen LogP) is 5.90. The van der Waals surface area contributed by atoms with Gasteiger partial charge in [0.1, 0.15) is 0 Å². The maximum Gasteiger partial charge on any atom is 0.303 e. The van der Waals surface area contributed by atoms with Crippen LogP contribution in [0.1, 0.15) is 46.6 Å². The molecule has 3 aromatic rings. The van der Waals surface area contributed by atoms with Crippen LogP contribution in [0.4, 0.5) is 0 Å². The summed E-state index contributed by atoms with van der Waals surface area (Å²) >= 11 is 0. The molecule has 0 unspecified atom stereocenters. The summed E-state index contributed by atoms with van der Waals surface area (Å²) in [7, 11) is -2.68. The van der Waals surface area contributed by atoms with Gasteiger partial charge in [-0.2, -0.15) is 0 Å². The topological polar surface area (TPSA) is 55.8 Å². The summed E-state index contributed by atoms with van der Waals surface area (Å²) in [5.41, 5.74) is 1.07. The van der Waals surface area contributed by atoms with Crippen molar-refractivity contribution in [3.63, 3.8) is 0 Å². The van der Waals surface area contributed by atoms with E-state index in [1.165, 1.54) is 10.4 Å². The van der Waals surface area contributed by atoms with Crippen LogP contribution in [0.25, 0.3) is 0 Å². The van der Waals surface area contributed by atoms with E-state index in [0.29, 0.717) is 13.2 Å². The van der Waals surface area contributed by atoms with E-state index in [1.54, 1.807) is 0 Å². The number of hydrogen-bond donors (Lipinski definition) is 1. The Hall–Kier alpha value is -2.73. The molecule has 192 valence electrons. The number of hydrogen-bond acceptors (Lipinski definition) is 3. The summed E-state index contributed by atoms with van der Waals surface area (Å²) in [6.45, 7) is 11.8. The average Bonchev–Trinajstić information content (AvgIpc) is 2.85. The number of benzene rings is 3. The van der Waals surface area contributed by atoms with E-state index in [2.05, 4.69) is 76.2 Å². The quantitative estimate of drug-likeness (QED) is 0.312. The van der Waals surface area contributed by atoms with Gasteiger partial charge in [-0.25, -0.2) is 0 Å². The van der Waals surface area contributed by atoms with E-state index < -0.39 is 14.3 Å². The molecule has 0 fully saturated rings. The number of aliphatic carboxylic acids is 1. The third-order valence-corrected chi connectivity index (χ3v) is 11.9. The lowest BCUT2D eigenvalue weighted by molar-refractivity contribution is -0.140. The van der Waals surface area contributed by atoms with E-state index in [4.69, 9.17) is 9.16 Å². The highest BCUT2D eigenvalue weighted by Crippen LogP contribution is 2.37. The zero-order chi connectivity index (χ0) is 26.2. The zero-order valence-electron chi connectivity index (χ0n) is 22.2. The van der Waals surface area contributed by atoms with E-state index in [1.807, 2.05) is 49.4 Å². The zero-order valence-corrected chi connectivity index (χ0v) is 23.2. The summed E-state index contributed by atoms with van der Waals surface area (Å²) in [6, 6.07) is 31.2. The van der Waals surface area contributed by atoms with Crippen molar-refractivity contribution in [2.24, 2.45) is 11.8 Å². The van der Waals surface area contributed by atoms with Crippen LogP contribution in [-0.4, -0.2) is 32.1 Å². The van der Waals surface area contributed by atoms with Gasteiger partial charge in [-0.1, -0.05) is 126 Å². The van der Waals surface area contributed by atoms with Gasteiger partial charge in [-0.3, -0.25) is 4.79 Å². The molecule has 0 aliphatic carbocycles. The molecule has 3 atom stereocenters. The molecular formula is C31H40O4Si. The van der Waals surface area contributed by atoms with Gasteiger partial charge >= 0.3 is 5.97 Å². The lowest BCUT2D eigenvalue weighted by Gasteiger charge is -2.44. The van der Waals surface area contributed by atoms with Crippen LogP contribution in [0.5, 0.6) is 0 Å². The lowest BCUT2D eigenvalue weighted by Crippen LogP contribution is -2.67. The van der Waals surface area contributed by atoms with Crippen LogP contribution < -0.4 is 10.4 Å². The molecule has 3 aromatic carbocycles. The Balaban J connectivity index is 1.92. The summed E-state index contributed by atoms with van der Waals surface area (Å²) < 4.78 is 13.5. The van der Waals surface area contributed by atoms with Gasteiger partial charge in [-0.05, 0) is 26.9 Å². The maximum absolute atomic E-state index is 11.5. The van der Waals surface area contributed by atoms with Crippen molar-refractivity contribution in [1.29, 1.82) is 0 Å². The molecule has 36 heavy (non-hydrogen) atoms. The minimum atomic E-state index is -2.68. The molecule has 0 aliphatic heterocycles. The first-order valence-electron chi connectivity index (χ1n) is 12.8. The Bertz CT molecular complexity index is 1020. The second-order valence-electron chi connectivity index (χ2n) is 10.8. The van der Waals surface area contributed by atoms with E-state index in [9.17, 15) is 9.90 Å². The van der Waals surface area contributed by atoms with E-state index in [-0.39, 0.29) is 29.4 Å². The van der Waals surface area contributed by atoms with Crippen molar-refractivity contribution < 1.29 is 19.1 Å². The highest BCUT2D eigenvalue weighted by atomic mass is 28.4. The molecule has 0 saturated heterocycles. The van der Waals surface area contributed by atoms with Crippen molar-refractivity contribution >= 4 is 24.7 Å². The minimum Gasteiger partial charge on any atom is -0.481 e. The largest absolute Gasteiger partial charge is 0.481 e. The molecule has 0 heterocycles. The average molecular weight is 505 g/mol. The highest BCUT2D eigenvalue weighted by molar-refractivity contribution is 6.99. The van der Waals surface area contributed by atoms with Crippen LogP contribution >= 0.6 is 0 Å². The third-order valence-electron chi connectivity index (χ3n) is 6.88. The fourth-order valence-electron chi connectivity index (χ4n) is 5.16. The number of ether oxygens (including phenoxy) is 1. The first kappa shape index (κ1) is 27.8. The van der Waals surface area contributed by atoms with Crippen LogP contribution in [0.15, 0.2) is 91.0 Å². The maximum atomic E-state index is 11.5. The molecule has 3 rings (SSSR count). The molecule has 5 heteroatoms. The number of carbonyl (C=O) groups is 1. The SMILES string of the molecule is C[C@H](CO[Si](c1ccccc1)(c1ccccc1)C(C)(C)C)[C@@H](OCc1ccccc1)[C@@H](C)CC(=O)O. The Labute approximate surface area is 217 Å². The Morgan fingerprint density at radius 1 is 0.806 bits per heavy atom. The van der Waals surface area contributed by atoms with Gasteiger partial charge in [0.25, 0.3) is 8.32 Å². The standard InChI is InChI=1S/C31H40O4Si/c1-24(21-29(32)33)30(34-23-26-15-9-6-10-16-26)25(2)22-35-36(31(3,4)5,27-17-11-7-12-18-27)28-19-13-8-14-20-28/h6-20,24-25,30H,21-23H2,1-5H3,(H,32,33)/t24-,25+,30-/m0/s1. The van der Waals surface area contributed by atoms with Crippen molar-refractivity contribution in [1.82, 2.24) is 0 Å². The van der Waals surface area contributed by atoms with Gasteiger partial charge in [-0.15, -0.1) is 0 Å². The number of carboxylic acids is 1. The van der Waals surface area contributed by atoms with Gasteiger partial charge < -0.3 is 14.3 Å². The second-order valence-corrected chi connectivity index (χ2v) is 15.1. The fraction of sp³-hybridized carbons (Fsp3) is 0.387. The van der Waals surface area contributed by atoms with Crippen LogP contribution in [0, 0.1) is 11.8 Å². The van der Waals surface area contributed by atoms with Gasteiger partial charge in [0, 0.05) is 12.5 Å². The Kier molecular flexibility index (Phi) is 9.66. The third kappa shape index (κ3) is 6.72. The molecule has 0 bridgehead atoms. The van der Waals surface area contributed by atoms with Gasteiger partial charge in [0.15, 0.2) is 0 Å². The van der Waals surface area contributed by atoms with Crippen molar-refractivity contribution in [3.8, 4) is 0 Å².